The highest BCUT2D eigenvalue weighted by Crippen LogP contribution is 2.60. The average molecular weight is 261 g/mol. The Morgan fingerprint density at radius 2 is 1.58 bits per heavy atom. The predicted molar refractivity (Wildman–Crippen MR) is 69.2 cm³/mol. The Morgan fingerprint density at radius 3 is 2.05 bits per heavy atom. The van der Waals surface area contributed by atoms with E-state index in [0.29, 0.717) is 5.84 Å². The molecule has 1 unspecified atom stereocenters. The first-order valence-electron chi connectivity index (χ1n) is 7.25. The van der Waals surface area contributed by atoms with Gasteiger partial charge in [0, 0.05) is 5.41 Å². The summed E-state index contributed by atoms with van der Waals surface area (Å²) in [6, 6.07) is -1.11. The SMILES string of the molecule is NC1C(=O)N=C(C23CC4CC(CC(C4)C2)C3)NC1=O. The molecule has 1 heterocycles. The minimum atomic E-state index is -1.11. The lowest BCUT2D eigenvalue weighted by molar-refractivity contribution is -0.130. The summed E-state index contributed by atoms with van der Waals surface area (Å²) >= 11 is 0. The second kappa shape index (κ2) is 3.66. The van der Waals surface area contributed by atoms with Gasteiger partial charge in [-0.25, -0.2) is 0 Å². The Bertz CT molecular complexity index is 462. The van der Waals surface area contributed by atoms with Crippen molar-refractivity contribution in [3.63, 3.8) is 0 Å². The molecule has 4 saturated carbocycles. The van der Waals surface area contributed by atoms with Gasteiger partial charge < -0.3 is 11.1 Å². The summed E-state index contributed by atoms with van der Waals surface area (Å²) in [5.74, 6) is 2.05. The lowest BCUT2D eigenvalue weighted by atomic mass is 9.49. The monoisotopic (exact) mass is 261 g/mol. The van der Waals surface area contributed by atoms with Crippen LogP contribution in [0.25, 0.3) is 0 Å². The first-order chi connectivity index (χ1) is 9.06. The molecule has 0 aromatic rings. The third-order valence-corrected chi connectivity index (χ3v) is 5.55. The fraction of sp³-hybridized carbons (Fsp3) is 0.786. The quantitative estimate of drug-likeness (QED) is 0.677. The van der Waals surface area contributed by atoms with Gasteiger partial charge in [-0.2, -0.15) is 4.99 Å². The van der Waals surface area contributed by atoms with Crippen molar-refractivity contribution in [3.8, 4) is 0 Å². The van der Waals surface area contributed by atoms with Crippen molar-refractivity contribution in [1.29, 1.82) is 0 Å². The van der Waals surface area contributed by atoms with Crippen LogP contribution in [0.15, 0.2) is 4.99 Å². The maximum atomic E-state index is 11.8. The molecule has 4 bridgehead atoms. The number of aliphatic imine (C=N–C) groups is 1. The fourth-order valence-corrected chi connectivity index (χ4v) is 5.17. The van der Waals surface area contributed by atoms with E-state index in [1.165, 1.54) is 19.3 Å². The predicted octanol–water partition coefficient (Wildman–Crippen LogP) is 0.585. The minimum absolute atomic E-state index is 0.0415. The molecule has 4 aliphatic carbocycles. The van der Waals surface area contributed by atoms with Gasteiger partial charge in [-0.05, 0) is 56.3 Å². The van der Waals surface area contributed by atoms with Crippen molar-refractivity contribution in [2.45, 2.75) is 44.6 Å². The second-order valence-corrected chi connectivity index (χ2v) is 6.96. The summed E-state index contributed by atoms with van der Waals surface area (Å²) in [5, 5.41) is 2.82. The number of rotatable bonds is 1. The highest BCUT2D eigenvalue weighted by molar-refractivity contribution is 6.19. The van der Waals surface area contributed by atoms with Crippen LogP contribution in [-0.4, -0.2) is 23.7 Å². The standard InChI is InChI=1S/C14H19N3O2/c15-10-11(18)16-13(17-12(10)19)14-4-7-1-8(5-14)3-9(2-7)6-14/h7-10H,1-6,15H2,(H,16,17,18,19). The molecule has 3 N–H and O–H groups in total. The van der Waals surface area contributed by atoms with E-state index in [2.05, 4.69) is 10.3 Å². The van der Waals surface area contributed by atoms with Crippen molar-refractivity contribution in [3.05, 3.63) is 0 Å². The molecule has 5 heteroatoms. The van der Waals surface area contributed by atoms with Gasteiger partial charge in [-0.3, -0.25) is 9.59 Å². The Morgan fingerprint density at radius 1 is 1.05 bits per heavy atom. The van der Waals surface area contributed by atoms with E-state index < -0.39 is 11.9 Å². The Balaban J connectivity index is 1.70. The van der Waals surface area contributed by atoms with Gasteiger partial charge in [0.25, 0.3) is 11.8 Å². The molecule has 0 aromatic carbocycles. The molecule has 4 fully saturated rings. The van der Waals surface area contributed by atoms with Crippen LogP contribution >= 0.6 is 0 Å². The van der Waals surface area contributed by atoms with E-state index >= 15 is 0 Å². The van der Waals surface area contributed by atoms with E-state index in [4.69, 9.17) is 5.73 Å². The Labute approximate surface area is 112 Å². The number of nitrogens with one attached hydrogen (secondary N) is 1. The second-order valence-electron chi connectivity index (χ2n) is 6.96. The molecular weight excluding hydrogens is 242 g/mol. The summed E-state index contributed by atoms with van der Waals surface area (Å²) in [6.45, 7) is 0. The Hall–Kier alpha value is -1.23. The number of amides is 2. The normalized spacial score (nSPS) is 48.2. The van der Waals surface area contributed by atoms with Crippen molar-refractivity contribution >= 4 is 17.6 Å². The zero-order valence-corrected chi connectivity index (χ0v) is 10.9. The molecule has 1 atom stereocenters. The topological polar surface area (TPSA) is 84.6 Å². The number of carbonyl (C=O) groups is 2. The van der Waals surface area contributed by atoms with Crippen LogP contribution in [-0.2, 0) is 9.59 Å². The molecule has 102 valence electrons. The van der Waals surface area contributed by atoms with Gasteiger partial charge in [-0.1, -0.05) is 0 Å². The van der Waals surface area contributed by atoms with Crippen LogP contribution in [0.1, 0.15) is 38.5 Å². The third-order valence-electron chi connectivity index (χ3n) is 5.55. The number of nitrogens with zero attached hydrogens (tertiary/aromatic N) is 1. The van der Waals surface area contributed by atoms with Gasteiger partial charge in [0.05, 0.1) is 0 Å². The molecule has 0 aromatic heterocycles. The zero-order valence-electron chi connectivity index (χ0n) is 10.9. The molecule has 0 saturated heterocycles. The smallest absolute Gasteiger partial charge is 0.274 e. The van der Waals surface area contributed by atoms with Gasteiger partial charge in [0.15, 0.2) is 6.04 Å². The summed E-state index contributed by atoms with van der Waals surface area (Å²) in [6.07, 6.45) is 7.23. The van der Waals surface area contributed by atoms with E-state index in [1.807, 2.05) is 0 Å². The molecule has 5 nitrogen and oxygen atoms in total. The number of nitrogens with two attached hydrogens (primary N) is 1. The number of hydrogen-bond donors (Lipinski definition) is 2. The van der Waals surface area contributed by atoms with Crippen LogP contribution in [0.5, 0.6) is 0 Å². The molecule has 5 aliphatic rings. The van der Waals surface area contributed by atoms with Gasteiger partial charge in [-0.15, -0.1) is 0 Å². The molecule has 0 spiro atoms. The first kappa shape index (κ1) is 11.6. The van der Waals surface area contributed by atoms with E-state index in [-0.39, 0.29) is 11.3 Å². The summed E-state index contributed by atoms with van der Waals surface area (Å²) in [7, 11) is 0. The van der Waals surface area contributed by atoms with Crippen molar-refractivity contribution in [1.82, 2.24) is 5.32 Å². The summed E-state index contributed by atoms with van der Waals surface area (Å²) in [4.78, 5) is 27.6. The zero-order chi connectivity index (χ0) is 13.2. The van der Waals surface area contributed by atoms with Crippen LogP contribution in [0.4, 0.5) is 0 Å². The van der Waals surface area contributed by atoms with E-state index in [9.17, 15) is 9.59 Å². The van der Waals surface area contributed by atoms with E-state index in [1.54, 1.807) is 0 Å². The van der Waals surface area contributed by atoms with Crippen LogP contribution < -0.4 is 11.1 Å². The number of amidine groups is 1. The molecule has 1 aliphatic heterocycles. The average Bonchev–Trinajstić information content (AvgIpc) is 2.33. The number of carbonyl (C=O) groups excluding carboxylic acids is 2. The van der Waals surface area contributed by atoms with Crippen molar-refractivity contribution in [2.24, 2.45) is 33.9 Å². The van der Waals surface area contributed by atoms with Crippen LogP contribution in [0.3, 0.4) is 0 Å². The maximum Gasteiger partial charge on any atom is 0.274 e. The van der Waals surface area contributed by atoms with Crippen molar-refractivity contribution in [2.75, 3.05) is 0 Å². The first-order valence-corrected chi connectivity index (χ1v) is 7.25. The molecule has 0 radical (unpaired) electrons. The summed E-state index contributed by atoms with van der Waals surface area (Å²) in [5.41, 5.74) is 5.47. The molecule has 19 heavy (non-hydrogen) atoms. The highest BCUT2D eigenvalue weighted by atomic mass is 16.2. The van der Waals surface area contributed by atoms with Crippen molar-refractivity contribution < 1.29 is 9.59 Å². The highest BCUT2D eigenvalue weighted by Gasteiger charge is 2.54. The molecule has 2 amide bonds. The van der Waals surface area contributed by atoms with Gasteiger partial charge in [0.1, 0.15) is 5.84 Å². The molecule has 5 rings (SSSR count). The lowest BCUT2D eigenvalue weighted by Gasteiger charge is -2.57. The van der Waals surface area contributed by atoms with E-state index in [0.717, 1.165) is 37.0 Å². The number of hydrogen-bond acceptors (Lipinski definition) is 3. The summed E-state index contributed by atoms with van der Waals surface area (Å²) < 4.78 is 0. The fourth-order valence-electron chi connectivity index (χ4n) is 5.17. The third kappa shape index (κ3) is 1.60. The van der Waals surface area contributed by atoms with Gasteiger partial charge >= 0.3 is 0 Å². The van der Waals surface area contributed by atoms with Crippen LogP contribution in [0, 0.1) is 23.2 Å². The largest absolute Gasteiger partial charge is 0.312 e. The minimum Gasteiger partial charge on any atom is -0.312 e. The van der Waals surface area contributed by atoms with Crippen LogP contribution in [0.2, 0.25) is 0 Å². The Kier molecular flexibility index (Phi) is 2.23. The van der Waals surface area contributed by atoms with Gasteiger partial charge in [0.2, 0.25) is 0 Å². The lowest BCUT2D eigenvalue weighted by Crippen LogP contribution is -2.60. The maximum absolute atomic E-state index is 11.8. The molecular formula is C14H19N3O2.